The van der Waals surface area contributed by atoms with E-state index in [9.17, 15) is 4.79 Å². The SMILES string of the molecule is O=C(NC[C@@H]1COc2ccccc2O1)N[C@@H]1CCCN(c2ncccn2)C1. The van der Waals surface area contributed by atoms with Crippen molar-refractivity contribution in [2.24, 2.45) is 0 Å². The number of fused-ring (bicyclic) bond motifs is 1. The maximum Gasteiger partial charge on any atom is 0.315 e. The van der Waals surface area contributed by atoms with Crippen LogP contribution in [0.2, 0.25) is 0 Å². The van der Waals surface area contributed by atoms with Crippen LogP contribution in [0.4, 0.5) is 10.7 Å². The number of nitrogens with zero attached hydrogens (tertiary/aromatic N) is 3. The molecule has 8 heteroatoms. The molecule has 2 N–H and O–H groups in total. The van der Waals surface area contributed by atoms with Gasteiger partial charge in [0.15, 0.2) is 17.6 Å². The fourth-order valence-electron chi connectivity index (χ4n) is 3.34. The van der Waals surface area contributed by atoms with Gasteiger partial charge in [-0.25, -0.2) is 14.8 Å². The Balaban J connectivity index is 1.24. The van der Waals surface area contributed by atoms with Crippen molar-refractivity contribution in [2.75, 3.05) is 31.1 Å². The number of hydrogen-bond acceptors (Lipinski definition) is 6. The van der Waals surface area contributed by atoms with Crippen LogP contribution in [0.5, 0.6) is 11.5 Å². The number of amides is 2. The van der Waals surface area contributed by atoms with E-state index in [1.807, 2.05) is 24.3 Å². The fourth-order valence-corrected chi connectivity index (χ4v) is 3.34. The highest BCUT2D eigenvalue weighted by atomic mass is 16.6. The van der Waals surface area contributed by atoms with Gasteiger partial charge in [0.1, 0.15) is 6.61 Å². The van der Waals surface area contributed by atoms with Gasteiger partial charge in [-0.05, 0) is 31.0 Å². The molecule has 27 heavy (non-hydrogen) atoms. The van der Waals surface area contributed by atoms with Crippen LogP contribution in [-0.2, 0) is 0 Å². The number of urea groups is 1. The summed E-state index contributed by atoms with van der Waals surface area (Å²) < 4.78 is 11.5. The first kappa shape index (κ1) is 17.4. The van der Waals surface area contributed by atoms with Crippen LogP contribution in [0, 0.1) is 0 Å². The summed E-state index contributed by atoms with van der Waals surface area (Å²) >= 11 is 0. The number of ether oxygens (including phenoxy) is 2. The molecule has 1 saturated heterocycles. The van der Waals surface area contributed by atoms with Crippen molar-refractivity contribution in [2.45, 2.75) is 25.0 Å². The number of rotatable bonds is 4. The van der Waals surface area contributed by atoms with Crippen molar-refractivity contribution >= 4 is 12.0 Å². The van der Waals surface area contributed by atoms with Crippen LogP contribution in [0.1, 0.15) is 12.8 Å². The summed E-state index contributed by atoms with van der Waals surface area (Å²) in [5.74, 6) is 2.15. The zero-order valence-electron chi connectivity index (χ0n) is 15.0. The minimum Gasteiger partial charge on any atom is -0.486 e. The third kappa shape index (κ3) is 4.39. The molecule has 1 fully saturated rings. The molecule has 3 heterocycles. The number of nitrogens with one attached hydrogen (secondary N) is 2. The van der Waals surface area contributed by atoms with E-state index in [1.165, 1.54) is 0 Å². The van der Waals surface area contributed by atoms with E-state index in [0.29, 0.717) is 31.4 Å². The average Bonchev–Trinajstić information content (AvgIpc) is 2.73. The van der Waals surface area contributed by atoms with Crippen LogP contribution < -0.4 is 25.0 Å². The molecular formula is C19H23N5O3. The summed E-state index contributed by atoms with van der Waals surface area (Å²) in [6.45, 7) is 2.41. The fraction of sp³-hybridized carbons (Fsp3) is 0.421. The lowest BCUT2D eigenvalue weighted by Crippen LogP contribution is -2.52. The van der Waals surface area contributed by atoms with E-state index in [2.05, 4.69) is 25.5 Å². The van der Waals surface area contributed by atoms with Gasteiger partial charge in [-0.1, -0.05) is 12.1 Å². The molecule has 0 bridgehead atoms. The Labute approximate surface area is 157 Å². The summed E-state index contributed by atoms with van der Waals surface area (Å²) in [7, 11) is 0. The number of hydrogen-bond donors (Lipinski definition) is 2. The number of benzene rings is 1. The van der Waals surface area contributed by atoms with Crippen molar-refractivity contribution in [3.63, 3.8) is 0 Å². The van der Waals surface area contributed by atoms with Crippen LogP contribution >= 0.6 is 0 Å². The van der Waals surface area contributed by atoms with Crippen molar-refractivity contribution < 1.29 is 14.3 Å². The van der Waals surface area contributed by atoms with Crippen molar-refractivity contribution in [1.82, 2.24) is 20.6 Å². The first-order valence-corrected chi connectivity index (χ1v) is 9.23. The quantitative estimate of drug-likeness (QED) is 0.851. The van der Waals surface area contributed by atoms with Crippen LogP contribution in [0.25, 0.3) is 0 Å². The van der Waals surface area contributed by atoms with Crippen LogP contribution in [0.15, 0.2) is 42.7 Å². The van der Waals surface area contributed by atoms with Crippen LogP contribution in [0.3, 0.4) is 0 Å². The van der Waals surface area contributed by atoms with Crippen molar-refractivity contribution in [3.8, 4) is 11.5 Å². The van der Waals surface area contributed by atoms with E-state index in [1.54, 1.807) is 18.5 Å². The molecule has 0 aliphatic carbocycles. The van der Waals surface area contributed by atoms with Crippen molar-refractivity contribution in [1.29, 1.82) is 0 Å². The predicted octanol–water partition coefficient (Wildman–Crippen LogP) is 1.58. The van der Waals surface area contributed by atoms with E-state index < -0.39 is 0 Å². The molecule has 4 rings (SSSR count). The molecule has 2 atom stereocenters. The van der Waals surface area contributed by atoms with E-state index in [-0.39, 0.29) is 18.2 Å². The van der Waals surface area contributed by atoms with Gasteiger partial charge in [-0.3, -0.25) is 0 Å². The van der Waals surface area contributed by atoms with Gasteiger partial charge in [0.25, 0.3) is 0 Å². The first-order valence-electron chi connectivity index (χ1n) is 9.23. The van der Waals surface area contributed by atoms with Gasteiger partial charge in [0.2, 0.25) is 5.95 Å². The Hall–Kier alpha value is -3.03. The molecule has 1 aromatic heterocycles. The van der Waals surface area contributed by atoms with Gasteiger partial charge in [-0.2, -0.15) is 0 Å². The predicted molar refractivity (Wildman–Crippen MR) is 100 cm³/mol. The highest BCUT2D eigenvalue weighted by Gasteiger charge is 2.24. The number of aromatic nitrogens is 2. The monoisotopic (exact) mass is 369 g/mol. The third-order valence-corrected chi connectivity index (χ3v) is 4.65. The molecule has 142 valence electrons. The summed E-state index contributed by atoms with van der Waals surface area (Å²) in [4.78, 5) is 23.0. The Morgan fingerprint density at radius 2 is 2.00 bits per heavy atom. The number of para-hydroxylation sites is 2. The average molecular weight is 369 g/mol. The molecule has 2 aromatic rings. The molecule has 8 nitrogen and oxygen atoms in total. The van der Waals surface area contributed by atoms with Crippen LogP contribution in [-0.4, -0.2) is 54.4 Å². The number of piperidine rings is 1. The molecule has 2 amide bonds. The Morgan fingerprint density at radius 3 is 2.85 bits per heavy atom. The Morgan fingerprint density at radius 1 is 1.19 bits per heavy atom. The maximum absolute atomic E-state index is 12.3. The summed E-state index contributed by atoms with van der Waals surface area (Å²) in [5.41, 5.74) is 0. The van der Waals surface area contributed by atoms with Gasteiger partial charge >= 0.3 is 6.03 Å². The van der Waals surface area contributed by atoms with E-state index in [0.717, 1.165) is 25.1 Å². The van der Waals surface area contributed by atoms with Gasteiger partial charge in [-0.15, -0.1) is 0 Å². The lowest BCUT2D eigenvalue weighted by molar-refractivity contribution is 0.0917. The standard InChI is InChI=1S/C19H23N5O3/c25-19(22-11-15-13-26-16-6-1-2-7-17(16)27-15)23-14-5-3-10-24(12-14)18-20-8-4-9-21-18/h1-2,4,6-9,14-15H,3,5,10-13H2,(H2,22,23,25)/t14-,15-/m1/s1. The molecule has 0 radical (unpaired) electrons. The van der Waals surface area contributed by atoms with Gasteiger partial charge < -0.3 is 25.0 Å². The zero-order valence-corrected chi connectivity index (χ0v) is 15.0. The minimum absolute atomic E-state index is 0.0619. The lowest BCUT2D eigenvalue weighted by atomic mass is 10.1. The normalized spacial score (nSPS) is 21.4. The second-order valence-electron chi connectivity index (χ2n) is 6.69. The number of carbonyl (C=O) groups excluding carboxylic acids is 1. The largest absolute Gasteiger partial charge is 0.486 e. The molecular weight excluding hydrogens is 346 g/mol. The minimum atomic E-state index is -0.203. The zero-order chi connectivity index (χ0) is 18.5. The summed E-state index contributed by atoms with van der Waals surface area (Å²) in [6.07, 6.45) is 5.19. The summed E-state index contributed by atoms with van der Waals surface area (Å²) in [6, 6.07) is 9.20. The molecule has 1 aromatic carbocycles. The molecule has 0 unspecified atom stereocenters. The smallest absolute Gasteiger partial charge is 0.315 e. The number of anilines is 1. The second kappa shape index (κ2) is 8.11. The Kier molecular flexibility index (Phi) is 5.22. The summed E-state index contributed by atoms with van der Waals surface area (Å²) in [5, 5.41) is 5.91. The highest BCUT2D eigenvalue weighted by Crippen LogP contribution is 2.30. The van der Waals surface area contributed by atoms with Gasteiger partial charge in [0.05, 0.1) is 6.54 Å². The maximum atomic E-state index is 12.3. The van der Waals surface area contributed by atoms with E-state index in [4.69, 9.17) is 9.47 Å². The second-order valence-corrected chi connectivity index (χ2v) is 6.69. The van der Waals surface area contributed by atoms with Crippen molar-refractivity contribution in [3.05, 3.63) is 42.7 Å². The molecule has 2 aliphatic rings. The first-order chi connectivity index (χ1) is 13.3. The third-order valence-electron chi connectivity index (χ3n) is 4.65. The molecule has 0 spiro atoms. The topological polar surface area (TPSA) is 88.6 Å². The molecule has 0 saturated carbocycles. The van der Waals surface area contributed by atoms with E-state index >= 15 is 0 Å². The lowest BCUT2D eigenvalue weighted by Gasteiger charge is -2.33. The number of carbonyl (C=O) groups is 1. The highest BCUT2D eigenvalue weighted by molar-refractivity contribution is 5.74. The Bertz CT molecular complexity index is 773. The van der Waals surface area contributed by atoms with Gasteiger partial charge in [0, 0.05) is 31.5 Å². The molecule has 2 aliphatic heterocycles.